The maximum absolute atomic E-state index is 13.9. The molecular formula is C21H24FN3O4S. The van der Waals surface area contributed by atoms with Crippen LogP contribution in [0.15, 0.2) is 53.4 Å². The van der Waals surface area contributed by atoms with E-state index in [0.29, 0.717) is 5.56 Å². The predicted octanol–water partition coefficient (Wildman–Crippen LogP) is 1.79. The van der Waals surface area contributed by atoms with Gasteiger partial charge in [-0.3, -0.25) is 9.59 Å². The summed E-state index contributed by atoms with van der Waals surface area (Å²) in [5.74, 6) is -1.44. The van der Waals surface area contributed by atoms with E-state index in [9.17, 15) is 22.4 Å². The third-order valence-corrected chi connectivity index (χ3v) is 6.93. The van der Waals surface area contributed by atoms with Crippen LogP contribution in [0.1, 0.15) is 22.8 Å². The minimum absolute atomic E-state index is 0.0565. The second-order valence-electron chi connectivity index (χ2n) is 7.22. The molecule has 0 bridgehead atoms. The fourth-order valence-electron chi connectivity index (χ4n) is 3.34. The second kappa shape index (κ2) is 8.93. The third-order valence-electron chi connectivity index (χ3n) is 5.00. The van der Waals surface area contributed by atoms with Crippen molar-refractivity contribution < 1.29 is 22.4 Å². The Kier molecular flexibility index (Phi) is 6.52. The molecule has 1 atom stereocenters. The Balaban J connectivity index is 1.60. The van der Waals surface area contributed by atoms with Crippen molar-refractivity contribution in [3.8, 4) is 0 Å². The second-order valence-corrected chi connectivity index (χ2v) is 9.13. The van der Waals surface area contributed by atoms with Crippen LogP contribution in [0.3, 0.4) is 0 Å². The number of nitrogens with zero attached hydrogens (tertiary/aromatic N) is 2. The number of carbonyl (C=O) groups is 2. The molecule has 0 aliphatic carbocycles. The van der Waals surface area contributed by atoms with E-state index in [-0.39, 0.29) is 42.9 Å². The van der Waals surface area contributed by atoms with Crippen molar-refractivity contribution in [2.75, 3.05) is 26.2 Å². The molecule has 0 aromatic heterocycles. The van der Waals surface area contributed by atoms with Crippen LogP contribution in [0.2, 0.25) is 0 Å². The van der Waals surface area contributed by atoms with Gasteiger partial charge in [-0.1, -0.05) is 29.8 Å². The van der Waals surface area contributed by atoms with Gasteiger partial charge in [0.05, 0.1) is 0 Å². The van der Waals surface area contributed by atoms with Gasteiger partial charge in [0.2, 0.25) is 15.9 Å². The van der Waals surface area contributed by atoms with Gasteiger partial charge >= 0.3 is 0 Å². The van der Waals surface area contributed by atoms with Gasteiger partial charge in [0.1, 0.15) is 16.8 Å². The molecule has 1 heterocycles. The summed E-state index contributed by atoms with van der Waals surface area (Å²) in [6.07, 6.45) is 0. The van der Waals surface area contributed by atoms with Gasteiger partial charge in [-0.15, -0.1) is 0 Å². The monoisotopic (exact) mass is 433 g/mol. The normalized spacial score (nSPS) is 16.2. The summed E-state index contributed by atoms with van der Waals surface area (Å²) in [5.41, 5.74) is 1.41. The quantitative estimate of drug-likeness (QED) is 0.779. The summed E-state index contributed by atoms with van der Waals surface area (Å²) < 4.78 is 40.4. The van der Waals surface area contributed by atoms with Crippen LogP contribution in [0.5, 0.6) is 0 Å². The lowest BCUT2D eigenvalue weighted by Gasteiger charge is -2.35. The zero-order valence-corrected chi connectivity index (χ0v) is 17.7. The van der Waals surface area contributed by atoms with Gasteiger partial charge in [0.15, 0.2) is 0 Å². The fraction of sp³-hybridized carbons (Fsp3) is 0.333. The molecule has 1 aliphatic heterocycles. The summed E-state index contributed by atoms with van der Waals surface area (Å²) in [7, 11) is -3.97. The van der Waals surface area contributed by atoms with E-state index in [1.807, 2.05) is 13.0 Å². The van der Waals surface area contributed by atoms with Crippen molar-refractivity contribution in [2.24, 2.45) is 0 Å². The highest BCUT2D eigenvalue weighted by Crippen LogP contribution is 2.20. The van der Waals surface area contributed by atoms with Gasteiger partial charge in [0, 0.05) is 31.7 Å². The Bertz CT molecular complexity index is 1050. The van der Waals surface area contributed by atoms with Crippen LogP contribution in [0, 0.1) is 12.7 Å². The van der Waals surface area contributed by atoms with Gasteiger partial charge < -0.3 is 10.2 Å². The zero-order valence-electron chi connectivity index (χ0n) is 16.8. The van der Waals surface area contributed by atoms with E-state index in [1.165, 1.54) is 27.4 Å². The van der Waals surface area contributed by atoms with Crippen LogP contribution in [-0.4, -0.2) is 61.7 Å². The Morgan fingerprint density at radius 2 is 1.70 bits per heavy atom. The molecule has 1 fully saturated rings. The van der Waals surface area contributed by atoms with E-state index in [2.05, 4.69) is 5.32 Å². The van der Waals surface area contributed by atoms with E-state index < -0.39 is 21.9 Å². The molecule has 9 heteroatoms. The lowest BCUT2D eigenvalue weighted by molar-refractivity contribution is -0.134. The molecule has 1 saturated heterocycles. The zero-order chi connectivity index (χ0) is 21.9. The molecule has 1 unspecified atom stereocenters. The molecule has 2 aromatic rings. The first-order valence-corrected chi connectivity index (χ1v) is 11.0. The van der Waals surface area contributed by atoms with E-state index in [0.717, 1.165) is 11.6 Å². The van der Waals surface area contributed by atoms with Crippen LogP contribution < -0.4 is 5.32 Å². The number of carbonyl (C=O) groups excluding carboxylic acids is 2. The number of nitrogens with one attached hydrogen (secondary N) is 1. The number of halogens is 1. The standard InChI is InChI=1S/C21H24FN3O4S/c1-15-6-5-7-17(14-15)20(26)23-16(2)21(27)24-10-12-25(13-11-24)30(28,29)19-9-4-3-8-18(19)22/h3-9,14,16H,10-13H2,1-2H3,(H,23,26). The van der Waals surface area contributed by atoms with Crippen LogP contribution in [0.4, 0.5) is 4.39 Å². The molecule has 30 heavy (non-hydrogen) atoms. The molecule has 2 aromatic carbocycles. The molecule has 7 nitrogen and oxygen atoms in total. The highest BCUT2D eigenvalue weighted by atomic mass is 32.2. The van der Waals surface area contributed by atoms with Crippen molar-refractivity contribution in [1.29, 1.82) is 0 Å². The van der Waals surface area contributed by atoms with Crippen molar-refractivity contribution in [2.45, 2.75) is 24.8 Å². The van der Waals surface area contributed by atoms with E-state index >= 15 is 0 Å². The predicted molar refractivity (Wildman–Crippen MR) is 110 cm³/mol. The van der Waals surface area contributed by atoms with Gasteiger partial charge in [-0.2, -0.15) is 4.31 Å². The Morgan fingerprint density at radius 3 is 2.33 bits per heavy atom. The maximum atomic E-state index is 13.9. The van der Waals surface area contributed by atoms with E-state index in [1.54, 1.807) is 25.1 Å². The van der Waals surface area contributed by atoms with Crippen molar-refractivity contribution in [1.82, 2.24) is 14.5 Å². The summed E-state index contributed by atoms with van der Waals surface area (Å²) >= 11 is 0. The molecule has 160 valence electrons. The highest BCUT2D eigenvalue weighted by molar-refractivity contribution is 7.89. The summed E-state index contributed by atoms with van der Waals surface area (Å²) in [5, 5.41) is 2.68. The first kappa shape index (κ1) is 21.9. The fourth-order valence-corrected chi connectivity index (χ4v) is 4.83. The molecule has 0 spiro atoms. The smallest absolute Gasteiger partial charge is 0.251 e. The lowest BCUT2D eigenvalue weighted by atomic mass is 10.1. The summed E-state index contributed by atoms with van der Waals surface area (Å²) in [6, 6.07) is 11.5. The Labute approximate surface area is 175 Å². The summed E-state index contributed by atoms with van der Waals surface area (Å²) in [4.78, 5) is 26.2. The van der Waals surface area contributed by atoms with Gasteiger partial charge in [0.25, 0.3) is 5.91 Å². The molecule has 1 aliphatic rings. The molecule has 1 N–H and O–H groups in total. The maximum Gasteiger partial charge on any atom is 0.251 e. The van der Waals surface area contributed by atoms with E-state index in [4.69, 9.17) is 0 Å². The lowest BCUT2D eigenvalue weighted by Crippen LogP contribution is -2.55. The summed E-state index contributed by atoms with van der Waals surface area (Å²) in [6.45, 7) is 3.91. The van der Waals surface area contributed by atoms with Crippen LogP contribution in [-0.2, 0) is 14.8 Å². The van der Waals surface area contributed by atoms with Crippen LogP contribution >= 0.6 is 0 Å². The van der Waals surface area contributed by atoms with Gasteiger partial charge in [-0.25, -0.2) is 12.8 Å². The Hall–Kier alpha value is -2.78. The number of piperazine rings is 1. The van der Waals surface area contributed by atoms with Crippen LogP contribution in [0.25, 0.3) is 0 Å². The minimum Gasteiger partial charge on any atom is -0.341 e. The highest BCUT2D eigenvalue weighted by Gasteiger charge is 2.33. The Morgan fingerprint density at radius 1 is 1.03 bits per heavy atom. The number of aryl methyl sites for hydroxylation is 1. The van der Waals surface area contributed by atoms with Crippen molar-refractivity contribution in [3.05, 3.63) is 65.5 Å². The molecular weight excluding hydrogens is 409 g/mol. The minimum atomic E-state index is -3.97. The average Bonchev–Trinajstić information content (AvgIpc) is 2.73. The van der Waals surface area contributed by atoms with Crippen molar-refractivity contribution in [3.63, 3.8) is 0 Å². The number of hydrogen-bond acceptors (Lipinski definition) is 4. The molecule has 0 saturated carbocycles. The number of hydrogen-bond donors (Lipinski definition) is 1. The first-order chi connectivity index (χ1) is 14.2. The molecule has 3 rings (SSSR count). The molecule has 0 radical (unpaired) electrons. The number of sulfonamides is 1. The topological polar surface area (TPSA) is 86.8 Å². The third kappa shape index (κ3) is 4.68. The van der Waals surface area contributed by atoms with Gasteiger partial charge in [-0.05, 0) is 38.1 Å². The first-order valence-electron chi connectivity index (χ1n) is 9.61. The SMILES string of the molecule is Cc1cccc(C(=O)NC(C)C(=O)N2CCN(S(=O)(=O)c3ccccc3F)CC2)c1. The van der Waals surface area contributed by atoms with Crippen molar-refractivity contribution >= 4 is 21.8 Å². The molecule has 2 amide bonds. The largest absolute Gasteiger partial charge is 0.341 e. The average molecular weight is 434 g/mol. The number of benzene rings is 2. The number of amides is 2. The number of rotatable bonds is 5.